The summed E-state index contributed by atoms with van der Waals surface area (Å²) in [6.45, 7) is 9.88. The Bertz CT molecular complexity index is 201. The molecule has 1 heterocycles. The lowest BCUT2D eigenvalue weighted by atomic mass is 9.87. The van der Waals surface area contributed by atoms with Crippen molar-refractivity contribution in [3.05, 3.63) is 0 Å². The lowest BCUT2D eigenvalue weighted by Gasteiger charge is -2.36. The fraction of sp³-hybridized carbons (Fsp3) is 1.00. The smallest absolute Gasteiger partial charge is 0.0855 e. The van der Waals surface area contributed by atoms with Gasteiger partial charge in [-0.3, -0.25) is 0 Å². The standard InChI is InChI=1S/C13H28N2O/c1-13(2,3)7-6-11(14-4)12-10-15(5)8-9-16-12/h11-12,14H,6-10H2,1-5H3. The Morgan fingerprint density at radius 2 is 2.12 bits per heavy atom. The van der Waals surface area contributed by atoms with Gasteiger partial charge in [-0.1, -0.05) is 20.8 Å². The normalized spacial score (nSPS) is 25.7. The number of hydrogen-bond donors (Lipinski definition) is 1. The van der Waals surface area contributed by atoms with Crippen molar-refractivity contribution in [2.24, 2.45) is 5.41 Å². The van der Waals surface area contributed by atoms with Gasteiger partial charge in [-0.15, -0.1) is 0 Å². The minimum Gasteiger partial charge on any atom is -0.374 e. The molecule has 0 bridgehead atoms. The largest absolute Gasteiger partial charge is 0.374 e. The first kappa shape index (κ1) is 13.9. The van der Waals surface area contributed by atoms with E-state index in [0.29, 0.717) is 17.6 Å². The summed E-state index contributed by atoms with van der Waals surface area (Å²) >= 11 is 0. The van der Waals surface area contributed by atoms with Gasteiger partial charge in [-0.25, -0.2) is 0 Å². The van der Waals surface area contributed by atoms with Gasteiger partial charge in [0.1, 0.15) is 0 Å². The van der Waals surface area contributed by atoms with E-state index in [1.54, 1.807) is 0 Å². The molecule has 0 aromatic heterocycles. The topological polar surface area (TPSA) is 24.5 Å². The molecule has 1 aliphatic rings. The average Bonchev–Trinajstić information content (AvgIpc) is 2.17. The van der Waals surface area contributed by atoms with Crippen LogP contribution in [0.5, 0.6) is 0 Å². The van der Waals surface area contributed by atoms with Crippen molar-refractivity contribution in [3.8, 4) is 0 Å². The third kappa shape index (κ3) is 4.81. The Morgan fingerprint density at radius 3 is 2.62 bits per heavy atom. The Morgan fingerprint density at radius 1 is 1.44 bits per heavy atom. The van der Waals surface area contributed by atoms with Crippen LogP contribution in [-0.2, 0) is 4.74 Å². The second-order valence-electron chi connectivity index (χ2n) is 6.17. The first-order valence-electron chi connectivity index (χ1n) is 6.40. The van der Waals surface area contributed by atoms with Gasteiger partial charge in [0.15, 0.2) is 0 Å². The van der Waals surface area contributed by atoms with Gasteiger partial charge in [0.2, 0.25) is 0 Å². The molecule has 1 fully saturated rings. The Balaban J connectivity index is 2.40. The molecule has 0 saturated carbocycles. The van der Waals surface area contributed by atoms with Crippen LogP contribution in [-0.4, -0.2) is 50.8 Å². The Labute approximate surface area is 101 Å². The highest BCUT2D eigenvalue weighted by atomic mass is 16.5. The van der Waals surface area contributed by atoms with Crippen LogP contribution in [0.25, 0.3) is 0 Å². The summed E-state index contributed by atoms with van der Waals surface area (Å²) < 4.78 is 5.86. The van der Waals surface area contributed by atoms with Crippen LogP contribution in [0.15, 0.2) is 0 Å². The molecule has 2 atom stereocenters. The van der Waals surface area contributed by atoms with E-state index in [0.717, 1.165) is 19.7 Å². The number of rotatable bonds is 4. The summed E-state index contributed by atoms with van der Waals surface area (Å²) in [6, 6.07) is 0.488. The molecule has 0 aromatic rings. The SMILES string of the molecule is CNC(CCC(C)(C)C)C1CN(C)CCO1. The van der Waals surface area contributed by atoms with Crippen molar-refractivity contribution in [3.63, 3.8) is 0 Å². The van der Waals surface area contributed by atoms with E-state index < -0.39 is 0 Å². The molecule has 0 aliphatic carbocycles. The van der Waals surface area contributed by atoms with E-state index in [4.69, 9.17) is 4.74 Å². The second kappa shape index (κ2) is 5.99. The van der Waals surface area contributed by atoms with Crippen molar-refractivity contribution in [2.75, 3.05) is 33.8 Å². The third-order valence-electron chi connectivity index (χ3n) is 3.32. The van der Waals surface area contributed by atoms with E-state index in [1.165, 1.54) is 12.8 Å². The van der Waals surface area contributed by atoms with Crippen LogP contribution in [0.4, 0.5) is 0 Å². The summed E-state index contributed by atoms with van der Waals surface area (Å²) in [4.78, 5) is 2.36. The highest BCUT2D eigenvalue weighted by Crippen LogP contribution is 2.23. The van der Waals surface area contributed by atoms with Crippen LogP contribution in [0.2, 0.25) is 0 Å². The maximum Gasteiger partial charge on any atom is 0.0855 e. The van der Waals surface area contributed by atoms with Crippen LogP contribution in [0, 0.1) is 5.41 Å². The summed E-state index contributed by atoms with van der Waals surface area (Å²) in [7, 11) is 4.22. The van der Waals surface area contributed by atoms with Crippen molar-refractivity contribution in [2.45, 2.75) is 45.8 Å². The molecule has 0 spiro atoms. The molecule has 3 heteroatoms. The van der Waals surface area contributed by atoms with Crippen molar-refractivity contribution >= 4 is 0 Å². The Kier molecular flexibility index (Phi) is 5.22. The minimum absolute atomic E-state index is 0.353. The zero-order chi connectivity index (χ0) is 12.2. The number of morpholine rings is 1. The first-order chi connectivity index (χ1) is 7.42. The predicted molar refractivity (Wildman–Crippen MR) is 68.8 cm³/mol. The first-order valence-corrected chi connectivity index (χ1v) is 6.40. The van der Waals surface area contributed by atoms with Gasteiger partial charge in [0, 0.05) is 19.1 Å². The summed E-state index contributed by atoms with van der Waals surface area (Å²) in [6.07, 6.45) is 2.78. The van der Waals surface area contributed by atoms with E-state index in [-0.39, 0.29) is 0 Å². The van der Waals surface area contributed by atoms with Gasteiger partial charge in [-0.05, 0) is 32.4 Å². The molecule has 16 heavy (non-hydrogen) atoms. The van der Waals surface area contributed by atoms with E-state index in [2.05, 4.69) is 38.0 Å². The van der Waals surface area contributed by atoms with Crippen LogP contribution in [0.1, 0.15) is 33.6 Å². The average molecular weight is 228 g/mol. The number of ether oxygens (including phenoxy) is 1. The fourth-order valence-corrected chi connectivity index (χ4v) is 2.16. The molecule has 3 nitrogen and oxygen atoms in total. The van der Waals surface area contributed by atoms with E-state index in [1.807, 2.05) is 7.05 Å². The van der Waals surface area contributed by atoms with Crippen LogP contribution >= 0.6 is 0 Å². The third-order valence-corrected chi connectivity index (χ3v) is 3.32. The molecule has 96 valence electrons. The van der Waals surface area contributed by atoms with Gasteiger partial charge >= 0.3 is 0 Å². The summed E-state index contributed by atoms with van der Waals surface area (Å²) in [5.41, 5.74) is 0.412. The minimum atomic E-state index is 0.353. The van der Waals surface area contributed by atoms with Gasteiger partial charge in [-0.2, -0.15) is 0 Å². The molecule has 1 rings (SSSR count). The molecule has 2 unspecified atom stereocenters. The monoisotopic (exact) mass is 228 g/mol. The molecule has 1 saturated heterocycles. The van der Waals surface area contributed by atoms with Crippen molar-refractivity contribution < 1.29 is 4.74 Å². The van der Waals surface area contributed by atoms with Crippen molar-refractivity contribution in [1.82, 2.24) is 10.2 Å². The van der Waals surface area contributed by atoms with Crippen LogP contribution < -0.4 is 5.32 Å². The molecular weight excluding hydrogens is 200 g/mol. The lowest BCUT2D eigenvalue weighted by Crippen LogP contribution is -2.50. The number of likely N-dealkylation sites (N-methyl/N-ethyl adjacent to an activating group) is 2. The highest BCUT2D eigenvalue weighted by molar-refractivity contribution is 4.82. The van der Waals surface area contributed by atoms with E-state index in [9.17, 15) is 0 Å². The van der Waals surface area contributed by atoms with Crippen molar-refractivity contribution in [1.29, 1.82) is 0 Å². The second-order valence-corrected chi connectivity index (χ2v) is 6.17. The molecule has 1 aliphatic heterocycles. The Hall–Kier alpha value is -0.120. The molecule has 0 radical (unpaired) electrons. The quantitative estimate of drug-likeness (QED) is 0.793. The lowest BCUT2D eigenvalue weighted by molar-refractivity contribution is -0.0400. The fourth-order valence-electron chi connectivity index (χ4n) is 2.16. The maximum atomic E-state index is 5.86. The van der Waals surface area contributed by atoms with Gasteiger partial charge < -0.3 is 15.0 Å². The zero-order valence-electron chi connectivity index (χ0n) is 11.5. The van der Waals surface area contributed by atoms with Gasteiger partial charge in [0.05, 0.1) is 12.7 Å². The maximum absolute atomic E-state index is 5.86. The van der Waals surface area contributed by atoms with E-state index >= 15 is 0 Å². The number of nitrogens with one attached hydrogen (secondary N) is 1. The number of nitrogens with zero attached hydrogens (tertiary/aromatic N) is 1. The van der Waals surface area contributed by atoms with Crippen LogP contribution in [0.3, 0.4) is 0 Å². The molecule has 0 amide bonds. The molecule has 0 aromatic carbocycles. The highest BCUT2D eigenvalue weighted by Gasteiger charge is 2.26. The zero-order valence-corrected chi connectivity index (χ0v) is 11.5. The number of hydrogen-bond acceptors (Lipinski definition) is 3. The summed E-state index contributed by atoms with van der Waals surface area (Å²) in [5, 5.41) is 3.41. The summed E-state index contributed by atoms with van der Waals surface area (Å²) in [5.74, 6) is 0. The molecular formula is C13H28N2O. The predicted octanol–water partition coefficient (Wildman–Crippen LogP) is 1.73. The van der Waals surface area contributed by atoms with Gasteiger partial charge in [0.25, 0.3) is 0 Å². The molecule has 1 N–H and O–H groups in total.